The highest BCUT2D eigenvalue weighted by molar-refractivity contribution is 7.73. The molecule has 5 nitrogen and oxygen atoms in total. The zero-order chi connectivity index (χ0) is 18.6. The zero-order valence-corrected chi connectivity index (χ0v) is 16.7. The molecule has 0 unspecified atom stereocenters. The van der Waals surface area contributed by atoms with Crippen molar-refractivity contribution in [2.45, 2.75) is 25.7 Å². The molecule has 1 fully saturated rings. The Balaban J connectivity index is 1.44. The standard InChI is InChI=1S/C20H22N4OS2/c25-18(8-11-24-9-2-1-3-10-24)16-5-4-15-13-17(7-6-14(15)12-16)21-19-22-23-20(26)27-19/h4-7,12-13H,1-3,8-11H2,(H,21,22)(H,23,26). The van der Waals surface area contributed by atoms with Crippen LogP contribution in [-0.2, 0) is 0 Å². The second-order valence-electron chi connectivity index (χ2n) is 6.90. The number of aromatic amines is 1. The normalized spacial score (nSPS) is 15.1. The van der Waals surface area contributed by atoms with Gasteiger partial charge in [0.1, 0.15) is 0 Å². The van der Waals surface area contributed by atoms with Gasteiger partial charge >= 0.3 is 0 Å². The number of aromatic nitrogens is 2. The van der Waals surface area contributed by atoms with E-state index in [1.54, 1.807) is 0 Å². The molecule has 1 aromatic heterocycles. The summed E-state index contributed by atoms with van der Waals surface area (Å²) in [6.45, 7) is 3.13. The first-order valence-corrected chi connectivity index (χ1v) is 10.5. The lowest BCUT2D eigenvalue weighted by atomic mass is 10.0. The van der Waals surface area contributed by atoms with Gasteiger partial charge in [-0.3, -0.25) is 9.89 Å². The predicted molar refractivity (Wildman–Crippen MR) is 114 cm³/mol. The van der Waals surface area contributed by atoms with Crippen LogP contribution in [0.1, 0.15) is 36.0 Å². The number of rotatable bonds is 6. The Morgan fingerprint density at radius 1 is 1.15 bits per heavy atom. The average molecular weight is 399 g/mol. The van der Waals surface area contributed by atoms with Crippen molar-refractivity contribution in [3.63, 3.8) is 0 Å². The second kappa shape index (κ2) is 8.29. The third kappa shape index (κ3) is 4.61. The molecule has 3 aromatic rings. The van der Waals surface area contributed by atoms with Crippen molar-refractivity contribution < 1.29 is 4.79 Å². The number of piperidine rings is 1. The molecular weight excluding hydrogens is 376 g/mol. The molecule has 0 saturated carbocycles. The van der Waals surface area contributed by atoms with Gasteiger partial charge < -0.3 is 10.2 Å². The van der Waals surface area contributed by atoms with Crippen molar-refractivity contribution in [3.05, 3.63) is 45.9 Å². The van der Waals surface area contributed by atoms with Gasteiger partial charge in [-0.1, -0.05) is 36.0 Å². The predicted octanol–water partition coefficient (Wildman–Crippen LogP) is 5.16. The number of hydrogen-bond acceptors (Lipinski definition) is 6. The first-order chi connectivity index (χ1) is 13.2. The van der Waals surface area contributed by atoms with Crippen LogP contribution in [0.4, 0.5) is 10.8 Å². The summed E-state index contributed by atoms with van der Waals surface area (Å²) in [5.41, 5.74) is 1.75. The lowest BCUT2D eigenvalue weighted by molar-refractivity contribution is 0.0959. The minimum absolute atomic E-state index is 0.223. The molecule has 27 heavy (non-hydrogen) atoms. The molecule has 2 aromatic carbocycles. The fraction of sp³-hybridized carbons (Fsp3) is 0.350. The number of Topliss-reactive ketones (excluding diaryl/α,β-unsaturated/α-hetero) is 1. The molecule has 140 valence electrons. The summed E-state index contributed by atoms with van der Waals surface area (Å²) in [5.74, 6) is 0.223. The van der Waals surface area contributed by atoms with E-state index >= 15 is 0 Å². The van der Waals surface area contributed by atoms with E-state index in [0.717, 1.165) is 46.8 Å². The molecule has 4 rings (SSSR count). The molecule has 2 heterocycles. The zero-order valence-electron chi connectivity index (χ0n) is 15.0. The molecule has 0 bridgehead atoms. The van der Waals surface area contributed by atoms with E-state index in [2.05, 4.69) is 26.5 Å². The summed E-state index contributed by atoms with van der Waals surface area (Å²) in [6.07, 6.45) is 4.43. The highest BCUT2D eigenvalue weighted by Gasteiger charge is 2.13. The topological polar surface area (TPSA) is 61.0 Å². The van der Waals surface area contributed by atoms with Crippen LogP contribution < -0.4 is 5.32 Å². The van der Waals surface area contributed by atoms with Crippen molar-refractivity contribution in [2.24, 2.45) is 0 Å². The van der Waals surface area contributed by atoms with Crippen LogP contribution in [0.15, 0.2) is 36.4 Å². The third-order valence-corrected chi connectivity index (χ3v) is 5.96. The van der Waals surface area contributed by atoms with Gasteiger partial charge in [-0.15, -0.1) is 5.10 Å². The summed E-state index contributed by atoms with van der Waals surface area (Å²) in [6, 6.07) is 12.0. The number of ketones is 1. The number of fused-ring (bicyclic) bond motifs is 1. The van der Waals surface area contributed by atoms with E-state index < -0.39 is 0 Å². The number of hydrogen-bond donors (Lipinski definition) is 2. The summed E-state index contributed by atoms with van der Waals surface area (Å²) in [4.78, 5) is 15.0. The quantitative estimate of drug-likeness (QED) is 0.444. The highest BCUT2D eigenvalue weighted by atomic mass is 32.1. The molecule has 0 aliphatic carbocycles. The summed E-state index contributed by atoms with van der Waals surface area (Å²) in [5, 5.41) is 13.0. The van der Waals surface area contributed by atoms with Crippen molar-refractivity contribution in [3.8, 4) is 0 Å². The van der Waals surface area contributed by atoms with Crippen LogP contribution in [0.3, 0.4) is 0 Å². The maximum absolute atomic E-state index is 12.6. The maximum atomic E-state index is 12.6. The molecule has 7 heteroatoms. The highest BCUT2D eigenvalue weighted by Crippen LogP contribution is 2.24. The summed E-state index contributed by atoms with van der Waals surface area (Å²) in [7, 11) is 0. The van der Waals surface area contributed by atoms with Gasteiger partial charge in [-0.2, -0.15) is 0 Å². The maximum Gasteiger partial charge on any atom is 0.208 e. The molecule has 2 N–H and O–H groups in total. The molecule has 1 saturated heterocycles. The smallest absolute Gasteiger partial charge is 0.208 e. The number of nitrogens with zero attached hydrogens (tertiary/aromatic N) is 2. The van der Waals surface area contributed by atoms with E-state index in [4.69, 9.17) is 12.2 Å². The number of likely N-dealkylation sites (tertiary alicyclic amines) is 1. The van der Waals surface area contributed by atoms with Crippen LogP contribution in [-0.4, -0.2) is 40.5 Å². The summed E-state index contributed by atoms with van der Waals surface area (Å²) >= 11 is 6.45. The SMILES string of the molecule is O=C(CCN1CCCCC1)c1ccc2cc(Nc3n[nH]c(=S)s3)ccc2c1. The minimum atomic E-state index is 0.223. The van der Waals surface area contributed by atoms with Crippen LogP contribution in [0.5, 0.6) is 0 Å². The molecule has 1 aliphatic heterocycles. The Bertz CT molecular complexity index is 1000. The molecular formula is C20H22N4OS2. The molecule has 0 atom stereocenters. The summed E-state index contributed by atoms with van der Waals surface area (Å²) < 4.78 is 0.644. The van der Waals surface area contributed by atoms with Crippen LogP contribution in [0, 0.1) is 3.95 Å². The van der Waals surface area contributed by atoms with Gasteiger partial charge in [-0.05, 0) is 67.1 Å². The van der Waals surface area contributed by atoms with E-state index in [1.807, 2.05) is 30.3 Å². The second-order valence-corrected chi connectivity index (χ2v) is 8.56. The van der Waals surface area contributed by atoms with E-state index in [-0.39, 0.29) is 5.78 Å². The van der Waals surface area contributed by atoms with Gasteiger partial charge in [0.15, 0.2) is 9.74 Å². The Hall–Kier alpha value is -2.09. The number of carbonyl (C=O) groups excluding carboxylic acids is 1. The van der Waals surface area contributed by atoms with Crippen molar-refractivity contribution in [1.29, 1.82) is 0 Å². The lowest BCUT2D eigenvalue weighted by Crippen LogP contribution is -2.31. The molecule has 1 aliphatic rings. The van der Waals surface area contributed by atoms with E-state index in [9.17, 15) is 4.79 Å². The van der Waals surface area contributed by atoms with Gasteiger partial charge in [0.2, 0.25) is 5.13 Å². The fourth-order valence-electron chi connectivity index (χ4n) is 3.49. The lowest BCUT2D eigenvalue weighted by Gasteiger charge is -2.25. The average Bonchev–Trinajstić information content (AvgIpc) is 3.11. The number of carbonyl (C=O) groups is 1. The number of H-pyrrole nitrogens is 1. The van der Waals surface area contributed by atoms with Crippen LogP contribution >= 0.6 is 23.6 Å². The Labute approximate surface area is 167 Å². The minimum Gasteiger partial charge on any atom is -0.330 e. The Kier molecular flexibility index (Phi) is 5.61. The third-order valence-electron chi connectivity index (χ3n) is 4.96. The van der Waals surface area contributed by atoms with Gasteiger partial charge in [0, 0.05) is 24.2 Å². The van der Waals surface area contributed by atoms with E-state index in [1.165, 1.54) is 30.6 Å². The number of benzene rings is 2. The first-order valence-electron chi connectivity index (χ1n) is 9.29. The molecule has 0 radical (unpaired) electrons. The van der Waals surface area contributed by atoms with Crippen molar-refractivity contribution >= 4 is 50.9 Å². The Morgan fingerprint density at radius 3 is 2.70 bits per heavy atom. The molecule has 0 spiro atoms. The first kappa shape index (κ1) is 18.3. The monoisotopic (exact) mass is 398 g/mol. The van der Waals surface area contributed by atoms with E-state index in [0.29, 0.717) is 10.4 Å². The van der Waals surface area contributed by atoms with Gasteiger partial charge in [-0.25, -0.2) is 0 Å². The Morgan fingerprint density at radius 2 is 1.93 bits per heavy atom. The number of nitrogens with one attached hydrogen (secondary N) is 2. The van der Waals surface area contributed by atoms with Crippen molar-refractivity contribution in [1.82, 2.24) is 15.1 Å². The van der Waals surface area contributed by atoms with Gasteiger partial charge in [0.25, 0.3) is 0 Å². The number of anilines is 2. The van der Waals surface area contributed by atoms with Gasteiger partial charge in [0.05, 0.1) is 0 Å². The fourth-order valence-corrected chi connectivity index (χ4v) is 4.30. The largest absolute Gasteiger partial charge is 0.330 e. The van der Waals surface area contributed by atoms with Crippen molar-refractivity contribution in [2.75, 3.05) is 25.0 Å². The molecule has 0 amide bonds. The van der Waals surface area contributed by atoms with Crippen LogP contribution in [0.25, 0.3) is 10.8 Å². The van der Waals surface area contributed by atoms with Crippen LogP contribution in [0.2, 0.25) is 0 Å².